The van der Waals surface area contributed by atoms with Crippen LogP contribution in [0.25, 0.3) is 0 Å². The highest BCUT2D eigenvalue weighted by Crippen LogP contribution is 2.20. The molecule has 0 aromatic heterocycles. The van der Waals surface area contributed by atoms with E-state index >= 15 is 0 Å². The Balaban J connectivity index is 2.27. The van der Waals surface area contributed by atoms with E-state index in [1.807, 2.05) is 0 Å². The minimum atomic E-state index is -0.245. The summed E-state index contributed by atoms with van der Waals surface area (Å²) in [5.74, 6) is -0.454. The molecule has 0 fully saturated rings. The van der Waals surface area contributed by atoms with Crippen LogP contribution in [0, 0.1) is 0 Å². The summed E-state index contributed by atoms with van der Waals surface area (Å²) in [7, 11) is 1.37. The lowest BCUT2D eigenvalue weighted by atomic mass is 10.2. The highest BCUT2D eigenvalue weighted by Gasteiger charge is 2.10. The molecule has 20 heavy (non-hydrogen) atoms. The molecule has 0 aliphatic heterocycles. The average molecular weight is 318 g/mol. The zero-order valence-corrected chi connectivity index (χ0v) is 12.8. The maximum absolute atomic E-state index is 11.9. The van der Waals surface area contributed by atoms with E-state index in [-0.39, 0.29) is 11.9 Å². The van der Waals surface area contributed by atoms with Crippen molar-refractivity contribution in [2.45, 2.75) is 25.7 Å². The largest absolute Gasteiger partial charge is 0.469 e. The van der Waals surface area contributed by atoms with Crippen molar-refractivity contribution in [3.05, 3.63) is 33.8 Å². The van der Waals surface area contributed by atoms with Crippen LogP contribution in [0.4, 0.5) is 0 Å². The summed E-state index contributed by atoms with van der Waals surface area (Å²) in [6.45, 7) is 0.531. The molecule has 0 bridgehead atoms. The van der Waals surface area contributed by atoms with Gasteiger partial charge in [0.25, 0.3) is 5.91 Å². The lowest BCUT2D eigenvalue weighted by molar-refractivity contribution is -0.140. The number of halogens is 2. The zero-order valence-electron chi connectivity index (χ0n) is 11.2. The first-order valence-corrected chi connectivity index (χ1v) is 7.10. The molecule has 0 spiro atoms. The van der Waals surface area contributed by atoms with Crippen molar-refractivity contribution in [1.29, 1.82) is 0 Å². The maximum Gasteiger partial charge on any atom is 0.305 e. The van der Waals surface area contributed by atoms with Crippen LogP contribution >= 0.6 is 23.2 Å². The van der Waals surface area contributed by atoms with Crippen LogP contribution in [0.2, 0.25) is 10.0 Å². The average Bonchev–Trinajstić information content (AvgIpc) is 2.44. The van der Waals surface area contributed by atoms with Gasteiger partial charge < -0.3 is 10.1 Å². The third-order valence-electron chi connectivity index (χ3n) is 2.74. The molecule has 0 aliphatic rings. The van der Waals surface area contributed by atoms with E-state index in [2.05, 4.69) is 10.1 Å². The number of amides is 1. The molecule has 0 atom stereocenters. The second-order valence-electron chi connectivity index (χ2n) is 4.27. The molecule has 1 rings (SSSR count). The number of carbonyl (C=O) groups is 2. The first kappa shape index (κ1) is 16.8. The Hall–Kier alpha value is -1.26. The molecule has 0 heterocycles. The van der Waals surface area contributed by atoms with Gasteiger partial charge in [-0.05, 0) is 31.0 Å². The lowest BCUT2D eigenvalue weighted by Gasteiger charge is -2.07. The molecule has 0 radical (unpaired) electrons. The maximum atomic E-state index is 11.9. The van der Waals surface area contributed by atoms with Crippen LogP contribution in [0.1, 0.15) is 36.0 Å². The molecule has 6 heteroatoms. The second kappa shape index (κ2) is 8.82. The van der Waals surface area contributed by atoms with Crippen molar-refractivity contribution in [1.82, 2.24) is 5.32 Å². The van der Waals surface area contributed by atoms with Crippen LogP contribution in [-0.2, 0) is 9.53 Å². The number of hydrogen-bond acceptors (Lipinski definition) is 3. The molecule has 0 unspecified atom stereocenters. The number of esters is 1. The summed E-state index contributed by atoms with van der Waals surface area (Å²) < 4.78 is 4.54. The van der Waals surface area contributed by atoms with Gasteiger partial charge in [0.1, 0.15) is 0 Å². The third-order valence-corrected chi connectivity index (χ3v) is 3.31. The Bertz CT molecular complexity index is 477. The molecule has 0 saturated carbocycles. The van der Waals surface area contributed by atoms with Gasteiger partial charge in [0.2, 0.25) is 0 Å². The van der Waals surface area contributed by atoms with Gasteiger partial charge in [0.05, 0.1) is 17.7 Å². The Morgan fingerprint density at radius 2 is 1.95 bits per heavy atom. The van der Waals surface area contributed by atoms with E-state index in [4.69, 9.17) is 23.2 Å². The van der Waals surface area contributed by atoms with Gasteiger partial charge in [-0.2, -0.15) is 0 Å². The third kappa shape index (κ3) is 5.80. The molecule has 1 aromatic rings. The van der Waals surface area contributed by atoms with Crippen LogP contribution < -0.4 is 5.32 Å². The fourth-order valence-electron chi connectivity index (χ4n) is 1.64. The standard InChI is InChI=1S/C14H17Cl2NO3/c1-20-13(18)5-3-2-4-8-17-14(19)11-9-10(15)6-7-12(11)16/h6-7,9H,2-5,8H2,1H3,(H,17,19). The Labute approximate surface area is 128 Å². The summed E-state index contributed by atoms with van der Waals surface area (Å²) in [6.07, 6.45) is 2.80. The Kier molecular flexibility index (Phi) is 7.41. The number of unbranched alkanes of at least 4 members (excludes halogenated alkanes) is 2. The van der Waals surface area contributed by atoms with E-state index < -0.39 is 0 Å². The number of benzene rings is 1. The molecule has 1 N–H and O–H groups in total. The van der Waals surface area contributed by atoms with Crippen LogP contribution in [-0.4, -0.2) is 25.5 Å². The first-order valence-electron chi connectivity index (χ1n) is 6.34. The summed E-state index contributed by atoms with van der Waals surface area (Å²) in [5.41, 5.74) is 0.369. The fourth-order valence-corrected chi connectivity index (χ4v) is 2.02. The molecule has 110 valence electrons. The van der Waals surface area contributed by atoms with Crippen molar-refractivity contribution in [3.63, 3.8) is 0 Å². The summed E-state index contributed by atoms with van der Waals surface area (Å²) in [5, 5.41) is 3.61. The van der Waals surface area contributed by atoms with Gasteiger partial charge in [-0.3, -0.25) is 9.59 Å². The molecule has 4 nitrogen and oxygen atoms in total. The number of ether oxygens (including phenoxy) is 1. The molecule has 1 amide bonds. The zero-order chi connectivity index (χ0) is 15.0. The number of carbonyl (C=O) groups excluding carboxylic acids is 2. The lowest BCUT2D eigenvalue weighted by Crippen LogP contribution is -2.24. The van der Waals surface area contributed by atoms with Gasteiger partial charge in [0.15, 0.2) is 0 Å². The van der Waals surface area contributed by atoms with Crippen molar-refractivity contribution < 1.29 is 14.3 Å². The van der Waals surface area contributed by atoms with Crippen molar-refractivity contribution in [2.75, 3.05) is 13.7 Å². The minimum absolute atomic E-state index is 0.209. The monoisotopic (exact) mass is 317 g/mol. The van der Waals surface area contributed by atoms with Crippen molar-refractivity contribution >= 4 is 35.1 Å². The van der Waals surface area contributed by atoms with Gasteiger partial charge in [-0.25, -0.2) is 0 Å². The molecule has 0 aliphatic carbocycles. The SMILES string of the molecule is COC(=O)CCCCCNC(=O)c1cc(Cl)ccc1Cl. The van der Waals surface area contributed by atoms with Gasteiger partial charge >= 0.3 is 5.97 Å². The smallest absolute Gasteiger partial charge is 0.305 e. The van der Waals surface area contributed by atoms with Gasteiger partial charge in [0, 0.05) is 18.0 Å². The van der Waals surface area contributed by atoms with E-state index in [1.165, 1.54) is 13.2 Å². The molecule has 0 saturated heterocycles. The highest BCUT2D eigenvalue weighted by molar-refractivity contribution is 6.35. The summed E-state index contributed by atoms with van der Waals surface area (Å²) >= 11 is 11.8. The van der Waals surface area contributed by atoms with E-state index in [9.17, 15) is 9.59 Å². The van der Waals surface area contributed by atoms with Gasteiger partial charge in [-0.15, -0.1) is 0 Å². The van der Waals surface area contributed by atoms with Crippen molar-refractivity contribution in [2.24, 2.45) is 0 Å². The molecule has 1 aromatic carbocycles. The second-order valence-corrected chi connectivity index (χ2v) is 5.11. The normalized spacial score (nSPS) is 10.2. The van der Waals surface area contributed by atoms with Crippen LogP contribution in [0.15, 0.2) is 18.2 Å². The topological polar surface area (TPSA) is 55.4 Å². The Morgan fingerprint density at radius 3 is 2.65 bits per heavy atom. The number of hydrogen-bond donors (Lipinski definition) is 1. The predicted octanol–water partition coefficient (Wildman–Crippen LogP) is 3.46. The highest BCUT2D eigenvalue weighted by atomic mass is 35.5. The Morgan fingerprint density at radius 1 is 1.20 bits per heavy atom. The van der Waals surface area contributed by atoms with E-state index in [0.29, 0.717) is 28.6 Å². The van der Waals surface area contributed by atoms with E-state index in [0.717, 1.165) is 19.3 Å². The van der Waals surface area contributed by atoms with Crippen molar-refractivity contribution in [3.8, 4) is 0 Å². The van der Waals surface area contributed by atoms with Crippen LogP contribution in [0.5, 0.6) is 0 Å². The molecular weight excluding hydrogens is 301 g/mol. The minimum Gasteiger partial charge on any atom is -0.469 e. The number of nitrogens with one attached hydrogen (secondary N) is 1. The van der Waals surface area contributed by atoms with E-state index in [1.54, 1.807) is 12.1 Å². The van der Waals surface area contributed by atoms with Gasteiger partial charge in [-0.1, -0.05) is 29.6 Å². The van der Waals surface area contributed by atoms with Crippen LogP contribution in [0.3, 0.4) is 0 Å². The quantitative estimate of drug-likeness (QED) is 0.619. The summed E-state index contributed by atoms with van der Waals surface area (Å²) in [6, 6.07) is 4.76. The predicted molar refractivity (Wildman–Crippen MR) is 79.3 cm³/mol. The number of rotatable bonds is 7. The molecular formula is C14H17Cl2NO3. The first-order chi connectivity index (χ1) is 9.54. The number of methoxy groups -OCH3 is 1. The summed E-state index contributed by atoms with van der Waals surface area (Å²) in [4.78, 5) is 22.8. The fraction of sp³-hybridized carbons (Fsp3) is 0.429.